The van der Waals surface area contributed by atoms with Crippen LogP contribution in [0.4, 0.5) is 0 Å². The van der Waals surface area contributed by atoms with Crippen molar-refractivity contribution < 1.29 is 14.7 Å². The van der Waals surface area contributed by atoms with Crippen LogP contribution in [0.1, 0.15) is 22.4 Å². The van der Waals surface area contributed by atoms with Crippen LogP contribution in [-0.4, -0.2) is 22.7 Å². The van der Waals surface area contributed by atoms with Gasteiger partial charge in [0.2, 0.25) is 5.01 Å². The van der Waals surface area contributed by atoms with Crippen LogP contribution in [0.2, 0.25) is 0 Å². The molecular weight excluding hydrogens is 192 g/mol. The fraction of sp³-hybridized carbons (Fsp3) is 0.429. The van der Waals surface area contributed by atoms with E-state index in [0.29, 0.717) is 18.8 Å². The van der Waals surface area contributed by atoms with Crippen molar-refractivity contribution >= 4 is 17.3 Å². The van der Waals surface area contributed by atoms with Gasteiger partial charge < -0.3 is 9.94 Å². The summed E-state index contributed by atoms with van der Waals surface area (Å²) in [5.41, 5.74) is 3.33. The van der Waals surface area contributed by atoms with Crippen molar-refractivity contribution in [1.29, 1.82) is 0 Å². The third-order valence-corrected chi connectivity index (χ3v) is 2.11. The van der Waals surface area contributed by atoms with E-state index in [1.807, 2.05) is 6.92 Å². The third kappa shape index (κ3) is 3.10. The van der Waals surface area contributed by atoms with Crippen molar-refractivity contribution in [3.05, 3.63) is 16.1 Å². The number of carbonyl (C=O) groups is 1. The first-order valence-corrected chi connectivity index (χ1v) is 4.64. The molecule has 2 N–H and O–H groups in total. The topological polar surface area (TPSA) is 71.5 Å². The largest absolute Gasteiger partial charge is 0.476 e. The molecule has 0 radical (unpaired) electrons. The van der Waals surface area contributed by atoms with Crippen LogP contribution in [0.5, 0.6) is 0 Å². The monoisotopic (exact) mass is 202 g/mol. The van der Waals surface area contributed by atoms with E-state index in [0.717, 1.165) is 11.3 Å². The number of hydroxylamine groups is 1. The first kappa shape index (κ1) is 10.1. The van der Waals surface area contributed by atoms with Crippen molar-refractivity contribution in [2.24, 2.45) is 0 Å². The van der Waals surface area contributed by atoms with Crippen molar-refractivity contribution in [2.45, 2.75) is 13.5 Å². The number of nitrogens with zero attached hydrogens (tertiary/aromatic N) is 1. The Morgan fingerprint density at radius 3 is 3.15 bits per heavy atom. The first-order chi connectivity index (χ1) is 6.24. The molecule has 0 aromatic carbocycles. The molecule has 0 unspecified atom stereocenters. The van der Waals surface area contributed by atoms with Gasteiger partial charge in [-0.15, -0.1) is 11.3 Å². The summed E-state index contributed by atoms with van der Waals surface area (Å²) in [4.78, 5) is 19.2. The molecular formula is C7H10N2O3S. The van der Waals surface area contributed by atoms with Gasteiger partial charge in [0.05, 0.1) is 18.8 Å². The molecule has 0 saturated heterocycles. The Bertz CT molecular complexity index is 287. The summed E-state index contributed by atoms with van der Waals surface area (Å²) in [7, 11) is 0. The Kier molecular flexibility index (Phi) is 3.81. The van der Waals surface area contributed by atoms with Gasteiger partial charge in [-0.25, -0.2) is 9.78 Å². The number of carboxylic acids is 1. The summed E-state index contributed by atoms with van der Waals surface area (Å²) < 4.78 is 0. The van der Waals surface area contributed by atoms with Crippen molar-refractivity contribution in [2.75, 3.05) is 6.61 Å². The molecule has 0 aliphatic heterocycles. The summed E-state index contributed by atoms with van der Waals surface area (Å²) in [6, 6.07) is 0. The molecule has 6 heteroatoms. The highest BCUT2D eigenvalue weighted by Crippen LogP contribution is 2.08. The minimum absolute atomic E-state index is 0.105. The highest BCUT2D eigenvalue weighted by atomic mass is 32.1. The summed E-state index contributed by atoms with van der Waals surface area (Å²) in [6.45, 7) is 2.85. The molecule has 5 nitrogen and oxygen atoms in total. The molecule has 0 spiro atoms. The summed E-state index contributed by atoms with van der Waals surface area (Å²) in [6.07, 6.45) is 0. The van der Waals surface area contributed by atoms with E-state index in [2.05, 4.69) is 10.5 Å². The molecule has 0 fully saturated rings. The molecule has 0 atom stereocenters. The van der Waals surface area contributed by atoms with Crippen LogP contribution < -0.4 is 5.48 Å². The zero-order valence-corrected chi connectivity index (χ0v) is 7.93. The van der Waals surface area contributed by atoms with E-state index in [-0.39, 0.29) is 5.01 Å². The van der Waals surface area contributed by atoms with Gasteiger partial charge in [-0.2, -0.15) is 5.48 Å². The molecule has 1 aromatic heterocycles. The predicted octanol–water partition coefficient (Wildman–Crippen LogP) is 0.882. The van der Waals surface area contributed by atoms with Gasteiger partial charge in [0.15, 0.2) is 0 Å². The third-order valence-electron chi connectivity index (χ3n) is 1.23. The minimum atomic E-state index is -0.993. The van der Waals surface area contributed by atoms with Gasteiger partial charge in [0.25, 0.3) is 0 Å². The van der Waals surface area contributed by atoms with Gasteiger partial charge in [-0.1, -0.05) is 0 Å². The number of hydrogen-bond donors (Lipinski definition) is 2. The van der Waals surface area contributed by atoms with Crippen molar-refractivity contribution in [3.63, 3.8) is 0 Å². The SMILES string of the molecule is CCONCc1csc(C(=O)O)n1. The Balaban J connectivity index is 2.44. The van der Waals surface area contributed by atoms with Gasteiger partial charge in [0, 0.05) is 5.38 Å². The zero-order valence-electron chi connectivity index (χ0n) is 7.11. The quantitative estimate of drug-likeness (QED) is 0.548. The van der Waals surface area contributed by atoms with Crippen LogP contribution in [0.15, 0.2) is 5.38 Å². The maximum Gasteiger partial charge on any atom is 0.365 e. The summed E-state index contributed by atoms with van der Waals surface area (Å²) >= 11 is 1.11. The van der Waals surface area contributed by atoms with E-state index in [9.17, 15) is 4.79 Å². The molecule has 13 heavy (non-hydrogen) atoms. The molecule has 0 aliphatic rings. The lowest BCUT2D eigenvalue weighted by atomic mass is 10.5. The second kappa shape index (κ2) is 4.90. The zero-order chi connectivity index (χ0) is 9.68. The second-order valence-electron chi connectivity index (χ2n) is 2.20. The summed E-state index contributed by atoms with van der Waals surface area (Å²) in [5.74, 6) is -0.993. The van der Waals surface area contributed by atoms with Crippen molar-refractivity contribution in [3.8, 4) is 0 Å². The number of nitrogens with one attached hydrogen (secondary N) is 1. The maximum absolute atomic E-state index is 10.4. The maximum atomic E-state index is 10.4. The molecule has 0 saturated carbocycles. The van der Waals surface area contributed by atoms with Crippen molar-refractivity contribution in [1.82, 2.24) is 10.5 Å². The fourth-order valence-corrected chi connectivity index (χ4v) is 1.37. The van der Waals surface area contributed by atoms with Crippen LogP contribution in [-0.2, 0) is 11.4 Å². The lowest BCUT2D eigenvalue weighted by Gasteiger charge is -1.98. The van der Waals surface area contributed by atoms with Crippen LogP contribution in [0.3, 0.4) is 0 Å². The molecule has 0 bridgehead atoms. The lowest BCUT2D eigenvalue weighted by molar-refractivity contribution is 0.0456. The Morgan fingerprint density at radius 1 is 1.85 bits per heavy atom. The van der Waals surface area contributed by atoms with Crippen LogP contribution in [0, 0.1) is 0 Å². The molecule has 0 aliphatic carbocycles. The number of aromatic nitrogens is 1. The van der Waals surface area contributed by atoms with E-state index < -0.39 is 5.97 Å². The van der Waals surface area contributed by atoms with Gasteiger partial charge in [-0.3, -0.25) is 0 Å². The Hall–Kier alpha value is -0.980. The molecule has 0 amide bonds. The van der Waals surface area contributed by atoms with Crippen LogP contribution in [0.25, 0.3) is 0 Å². The molecule has 72 valence electrons. The van der Waals surface area contributed by atoms with Gasteiger partial charge in [0.1, 0.15) is 0 Å². The first-order valence-electron chi connectivity index (χ1n) is 3.76. The number of rotatable bonds is 5. The Labute approximate surface area is 79.3 Å². The Morgan fingerprint density at radius 2 is 2.62 bits per heavy atom. The number of carboxylic acid groups (broad SMARTS) is 1. The number of aromatic carboxylic acids is 1. The normalized spacial score (nSPS) is 10.2. The number of hydrogen-bond acceptors (Lipinski definition) is 5. The smallest absolute Gasteiger partial charge is 0.365 e. The highest BCUT2D eigenvalue weighted by Gasteiger charge is 2.07. The van der Waals surface area contributed by atoms with Gasteiger partial charge >= 0.3 is 5.97 Å². The average Bonchev–Trinajstić information content (AvgIpc) is 2.53. The van der Waals surface area contributed by atoms with Crippen LogP contribution >= 0.6 is 11.3 Å². The van der Waals surface area contributed by atoms with Gasteiger partial charge in [-0.05, 0) is 6.92 Å². The van der Waals surface area contributed by atoms with E-state index >= 15 is 0 Å². The van der Waals surface area contributed by atoms with E-state index in [4.69, 9.17) is 9.94 Å². The average molecular weight is 202 g/mol. The molecule has 1 rings (SSSR count). The predicted molar refractivity (Wildman–Crippen MR) is 47.5 cm³/mol. The minimum Gasteiger partial charge on any atom is -0.476 e. The summed E-state index contributed by atoms with van der Waals surface area (Å²) in [5, 5.41) is 10.4. The van der Waals surface area contributed by atoms with E-state index in [1.165, 1.54) is 0 Å². The highest BCUT2D eigenvalue weighted by molar-refractivity contribution is 7.11. The number of thiazole rings is 1. The molecule has 1 heterocycles. The second-order valence-corrected chi connectivity index (χ2v) is 3.06. The molecule has 1 aromatic rings. The lowest BCUT2D eigenvalue weighted by Crippen LogP contribution is -2.13. The standard InChI is InChI=1S/C7H10N2O3S/c1-2-12-8-3-5-4-13-6(9-5)7(10)11/h4,8H,2-3H2,1H3,(H,10,11). The van der Waals surface area contributed by atoms with E-state index in [1.54, 1.807) is 5.38 Å². The fourth-order valence-electron chi connectivity index (χ4n) is 0.713.